The maximum absolute atomic E-state index is 5.79. The van der Waals surface area contributed by atoms with Gasteiger partial charge in [0.1, 0.15) is 0 Å². The predicted molar refractivity (Wildman–Crippen MR) is 75.6 cm³/mol. The van der Waals surface area contributed by atoms with Gasteiger partial charge in [0, 0.05) is 25.9 Å². The van der Waals surface area contributed by atoms with Gasteiger partial charge in [-0.15, -0.1) is 0 Å². The van der Waals surface area contributed by atoms with Gasteiger partial charge in [-0.25, -0.2) is 0 Å². The van der Waals surface area contributed by atoms with Crippen LogP contribution in [0.2, 0.25) is 0 Å². The minimum atomic E-state index is 0.763. The third-order valence-electron chi connectivity index (χ3n) is 3.78. The molecule has 3 heteroatoms. The molecular formula is C15H24N2O. The van der Waals surface area contributed by atoms with E-state index in [0.717, 1.165) is 31.2 Å². The number of benzene rings is 1. The summed E-state index contributed by atoms with van der Waals surface area (Å²) in [5.74, 6) is 0.763. The van der Waals surface area contributed by atoms with E-state index in [9.17, 15) is 0 Å². The van der Waals surface area contributed by atoms with Crippen LogP contribution in [0.25, 0.3) is 0 Å². The molecule has 0 atom stereocenters. The van der Waals surface area contributed by atoms with Crippen LogP contribution in [0.3, 0.4) is 0 Å². The van der Waals surface area contributed by atoms with Crippen molar-refractivity contribution < 1.29 is 4.74 Å². The van der Waals surface area contributed by atoms with Crippen molar-refractivity contribution in [1.82, 2.24) is 4.90 Å². The van der Waals surface area contributed by atoms with E-state index >= 15 is 0 Å². The van der Waals surface area contributed by atoms with Crippen molar-refractivity contribution >= 4 is 5.69 Å². The average molecular weight is 248 g/mol. The van der Waals surface area contributed by atoms with Crippen molar-refractivity contribution in [2.24, 2.45) is 5.92 Å². The van der Waals surface area contributed by atoms with Crippen molar-refractivity contribution in [3.63, 3.8) is 0 Å². The summed E-state index contributed by atoms with van der Waals surface area (Å²) in [6.07, 6.45) is 3.63. The largest absolute Gasteiger partial charge is 0.399 e. The molecule has 0 bridgehead atoms. The first-order valence-electron chi connectivity index (χ1n) is 6.83. The highest BCUT2D eigenvalue weighted by atomic mass is 16.5. The Bertz CT molecular complexity index is 359. The van der Waals surface area contributed by atoms with Crippen molar-refractivity contribution in [3.05, 3.63) is 29.8 Å². The lowest BCUT2D eigenvalue weighted by molar-refractivity contribution is 0.100. The second-order valence-corrected chi connectivity index (χ2v) is 5.24. The molecule has 1 saturated heterocycles. The van der Waals surface area contributed by atoms with Crippen LogP contribution in [0.15, 0.2) is 24.3 Å². The number of piperidine rings is 1. The number of nitrogens with two attached hydrogens (primary N) is 1. The topological polar surface area (TPSA) is 38.5 Å². The molecule has 100 valence electrons. The van der Waals surface area contributed by atoms with Crippen LogP contribution in [-0.2, 0) is 11.2 Å². The summed E-state index contributed by atoms with van der Waals surface area (Å²) in [6, 6.07) is 8.22. The fraction of sp³-hybridized carbons (Fsp3) is 0.600. The molecule has 1 heterocycles. The smallest absolute Gasteiger partial charge is 0.0491 e. The number of likely N-dealkylation sites (tertiary alicyclic amines) is 1. The molecule has 0 saturated carbocycles. The Morgan fingerprint density at radius 2 is 2.11 bits per heavy atom. The Morgan fingerprint density at radius 1 is 1.33 bits per heavy atom. The quantitative estimate of drug-likeness (QED) is 0.812. The Labute approximate surface area is 110 Å². The third-order valence-corrected chi connectivity index (χ3v) is 3.78. The lowest BCUT2D eigenvalue weighted by atomic mass is 9.97. The van der Waals surface area contributed by atoms with Crippen LogP contribution < -0.4 is 5.73 Å². The average Bonchev–Trinajstić information content (AvgIpc) is 2.38. The Balaban J connectivity index is 1.72. The van der Waals surface area contributed by atoms with Gasteiger partial charge in [0.2, 0.25) is 0 Å². The highest BCUT2D eigenvalue weighted by Gasteiger charge is 2.18. The maximum atomic E-state index is 5.79. The van der Waals surface area contributed by atoms with Crippen molar-refractivity contribution in [3.8, 4) is 0 Å². The highest BCUT2D eigenvalue weighted by molar-refractivity contribution is 5.40. The third kappa shape index (κ3) is 4.00. The predicted octanol–water partition coefficient (Wildman–Crippen LogP) is 2.17. The lowest BCUT2D eigenvalue weighted by Crippen LogP contribution is -2.36. The van der Waals surface area contributed by atoms with Crippen molar-refractivity contribution in [1.29, 1.82) is 0 Å². The van der Waals surface area contributed by atoms with Gasteiger partial charge in [0.05, 0.1) is 0 Å². The molecule has 0 radical (unpaired) electrons. The molecule has 18 heavy (non-hydrogen) atoms. The summed E-state index contributed by atoms with van der Waals surface area (Å²) in [4.78, 5) is 2.55. The summed E-state index contributed by atoms with van der Waals surface area (Å²) in [5, 5.41) is 0. The minimum Gasteiger partial charge on any atom is -0.399 e. The summed E-state index contributed by atoms with van der Waals surface area (Å²) >= 11 is 0. The van der Waals surface area contributed by atoms with Gasteiger partial charge in [0.15, 0.2) is 0 Å². The zero-order valence-corrected chi connectivity index (χ0v) is 11.3. The lowest BCUT2D eigenvalue weighted by Gasteiger charge is -2.31. The fourth-order valence-electron chi connectivity index (χ4n) is 2.65. The summed E-state index contributed by atoms with van der Waals surface area (Å²) in [5.41, 5.74) is 8.00. The molecule has 3 nitrogen and oxygen atoms in total. The van der Waals surface area contributed by atoms with E-state index in [4.69, 9.17) is 10.5 Å². The number of anilines is 1. The summed E-state index contributed by atoms with van der Waals surface area (Å²) in [7, 11) is 1.80. The molecule has 0 aromatic heterocycles. The number of methoxy groups -OCH3 is 1. The fourth-order valence-corrected chi connectivity index (χ4v) is 2.65. The maximum Gasteiger partial charge on any atom is 0.0491 e. The number of ether oxygens (including phenoxy) is 1. The molecule has 1 aliphatic heterocycles. The van der Waals surface area contributed by atoms with E-state index in [0.29, 0.717) is 0 Å². The zero-order chi connectivity index (χ0) is 12.8. The molecule has 1 fully saturated rings. The molecular weight excluding hydrogens is 224 g/mol. The first-order chi connectivity index (χ1) is 8.78. The van der Waals surface area contributed by atoms with E-state index in [-0.39, 0.29) is 0 Å². The number of hydrogen-bond acceptors (Lipinski definition) is 3. The second-order valence-electron chi connectivity index (χ2n) is 5.24. The van der Waals surface area contributed by atoms with Crippen LogP contribution >= 0.6 is 0 Å². The number of hydrogen-bond donors (Lipinski definition) is 1. The number of nitrogen functional groups attached to an aromatic ring is 1. The van der Waals surface area contributed by atoms with Crippen LogP contribution in [0.1, 0.15) is 18.4 Å². The van der Waals surface area contributed by atoms with E-state index in [1.807, 2.05) is 12.1 Å². The highest BCUT2D eigenvalue weighted by Crippen LogP contribution is 2.17. The van der Waals surface area contributed by atoms with Gasteiger partial charge in [-0.1, -0.05) is 12.1 Å². The van der Waals surface area contributed by atoms with E-state index < -0.39 is 0 Å². The molecule has 1 aliphatic rings. The van der Waals surface area contributed by atoms with Crippen LogP contribution in [-0.4, -0.2) is 38.3 Å². The molecule has 0 amide bonds. The monoisotopic (exact) mass is 248 g/mol. The molecule has 1 aromatic rings. The van der Waals surface area contributed by atoms with E-state index in [1.54, 1.807) is 7.11 Å². The van der Waals surface area contributed by atoms with Gasteiger partial charge in [-0.3, -0.25) is 0 Å². The second kappa shape index (κ2) is 6.76. The Kier molecular flexibility index (Phi) is 5.02. The van der Waals surface area contributed by atoms with Gasteiger partial charge < -0.3 is 15.4 Å². The van der Waals surface area contributed by atoms with Crippen LogP contribution in [0, 0.1) is 5.92 Å². The molecule has 2 N–H and O–H groups in total. The molecule has 0 unspecified atom stereocenters. The Hall–Kier alpha value is -1.06. The van der Waals surface area contributed by atoms with Crippen molar-refractivity contribution in [2.45, 2.75) is 19.3 Å². The van der Waals surface area contributed by atoms with Gasteiger partial charge in [-0.2, -0.15) is 0 Å². The van der Waals surface area contributed by atoms with Crippen LogP contribution in [0.5, 0.6) is 0 Å². The van der Waals surface area contributed by atoms with E-state index in [2.05, 4.69) is 17.0 Å². The van der Waals surface area contributed by atoms with E-state index in [1.165, 1.54) is 31.5 Å². The number of nitrogens with zero attached hydrogens (tertiary/aromatic N) is 1. The molecule has 2 rings (SSSR count). The Morgan fingerprint density at radius 3 is 2.78 bits per heavy atom. The summed E-state index contributed by atoms with van der Waals surface area (Å²) in [6.45, 7) is 4.47. The van der Waals surface area contributed by atoms with Crippen molar-refractivity contribution in [2.75, 3.05) is 39.1 Å². The zero-order valence-electron chi connectivity index (χ0n) is 11.3. The molecule has 0 aliphatic carbocycles. The standard InChI is InChI=1S/C15H24N2O/c1-18-12-14-6-9-17(10-7-14)8-5-13-3-2-4-15(16)11-13/h2-4,11,14H,5-10,12,16H2,1H3. The molecule has 0 spiro atoms. The normalized spacial score (nSPS) is 18.1. The minimum absolute atomic E-state index is 0.763. The first kappa shape index (κ1) is 13.4. The number of rotatable bonds is 5. The SMILES string of the molecule is COCC1CCN(CCc2cccc(N)c2)CC1. The van der Waals surface area contributed by atoms with Gasteiger partial charge in [-0.05, 0) is 56.0 Å². The van der Waals surface area contributed by atoms with Gasteiger partial charge in [0.25, 0.3) is 0 Å². The van der Waals surface area contributed by atoms with Crippen LogP contribution in [0.4, 0.5) is 5.69 Å². The van der Waals surface area contributed by atoms with Gasteiger partial charge >= 0.3 is 0 Å². The molecule has 1 aromatic carbocycles. The summed E-state index contributed by atoms with van der Waals surface area (Å²) < 4.78 is 5.23. The first-order valence-corrected chi connectivity index (χ1v) is 6.83.